The van der Waals surface area contributed by atoms with E-state index in [2.05, 4.69) is 23.4 Å². The fourth-order valence-electron chi connectivity index (χ4n) is 2.17. The summed E-state index contributed by atoms with van der Waals surface area (Å²) in [6.07, 6.45) is 3.45. The minimum absolute atomic E-state index is 0.234. The Morgan fingerprint density at radius 3 is 2.94 bits per heavy atom. The van der Waals surface area contributed by atoms with Gasteiger partial charge >= 0.3 is 0 Å². The number of fused-ring (bicyclic) bond motifs is 1. The Morgan fingerprint density at radius 2 is 2.24 bits per heavy atom. The van der Waals surface area contributed by atoms with Crippen LogP contribution < -0.4 is 0 Å². The van der Waals surface area contributed by atoms with E-state index >= 15 is 0 Å². The molecule has 0 aliphatic rings. The van der Waals surface area contributed by atoms with Gasteiger partial charge in [-0.05, 0) is 43.8 Å². The first-order chi connectivity index (χ1) is 8.13. The molecule has 1 unspecified atom stereocenters. The number of nitrogens with one attached hydrogen (secondary N) is 1. The first-order valence-electron chi connectivity index (χ1n) is 6.03. The van der Waals surface area contributed by atoms with Crippen molar-refractivity contribution in [2.75, 3.05) is 0 Å². The number of unbranched alkanes of at least 4 members (excludes halogenated alkanes) is 1. The summed E-state index contributed by atoms with van der Waals surface area (Å²) in [5, 5.41) is 0. The quantitative estimate of drug-likeness (QED) is 0.789. The van der Waals surface area contributed by atoms with Gasteiger partial charge in [-0.25, -0.2) is 4.39 Å². The lowest BCUT2D eigenvalue weighted by atomic mass is 10.1. The highest BCUT2D eigenvalue weighted by molar-refractivity contribution is 7.71. The first-order valence-corrected chi connectivity index (χ1v) is 6.44. The van der Waals surface area contributed by atoms with Crippen molar-refractivity contribution in [2.45, 2.75) is 39.2 Å². The van der Waals surface area contributed by atoms with Crippen LogP contribution in [0.3, 0.4) is 0 Å². The Balaban J connectivity index is 2.46. The van der Waals surface area contributed by atoms with E-state index in [-0.39, 0.29) is 5.82 Å². The zero-order valence-electron chi connectivity index (χ0n) is 10.2. The van der Waals surface area contributed by atoms with Gasteiger partial charge in [0.05, 0.1) is 11.0 Å². The number of rotatable bonds is 4. The fraction of sp³-hybridized carbons (Fsp3) is 0.462. The molecule has 0 bridgehead atoms. The molecule has 4 heteroatoms. The van der Waals surface area contributed by atoms with Gasteiger partial charge in [-0.3, -0.25) is 0 Å². The molecule has 2 nitrogen and oxygen atoms in total. The van der Waals surface area contributed by atoms with E-state index in [9.17, 15) is 4.39 Å². The summed E-state index contributed by atoms with van der Waals surface area (Å²) in [6.45, 7) is 4.33. The van der Waals surface area contributed by atoms with Crippen molar-refractivity contribution in [3.63, 3.8) is 0 Å². The van der Waals surface area contributed by atoms with E-state index in [1.165, 1.54) is 25.0 Å². The number of imidazole rings is 1. The molecule has 1 aromatic heterocycles. The maximum Gasteiger partial charge on any atom is 0.178 e. The molecule has 2 rings (SSSR count). The van der Waals surface area contributed by atoms with Crippen LogP contribution in [0.15, 0.2) is 18.2 Å². The zero-order chi connectivity index (χ0) is 12.4. The van der Waals surface area contributed by atoms with Crippen molar-refractivity contribution in [3.05, 3.63) is 28.8 Å². The fourth-order valence-corrected chi connectivity index (χ4v) is 2.56. The molecule has 0 fully saturated rings. The predicted molar refractivity (Wildman–Crippen MR) is 71.3 cm³/mol. The molecule has 0 spiro atoms. The van der Waals surface area contributed by atoms with Crippen LogP contribution in [0.4, 0.5) is 4.39 Å². The SMILES string of the molecule is CCCCC(C)n1c(=S)[nH]c2cc(F)ccc21. The monoisotopic (exact) mass is 252 g/mol. The Labute approximate surface area is 105 Å². The summed E-state index contributed by atoms with van der Waals surface area (Å²) in [4.78, 5) is 3.06. The van der Waals surface area contributed by atoms with Gasteiger partial charge in [0.15, 0.2) is 4.77 Å². The van der Waals surface area contributed by atoms with Crippen molar-refractivity contribution in [2.24, 2.45) is 0 Å². The molecule has 0 aliphatic heterocycles. The van der Waals surface area contributed by atoms with Gasteiger partial charge in [-0.1, -0.05) is 19.8 Å². The molecular weight excluding hydrogens is 235 g/mol. The number of benzene rings is 1. The molecule has 0 saturated heterocycles. The molecule has 1 atom stereocenters. The summed E-state index contributed by atoms with van der Waals surface area (Å²) >= 11 is 5.31. The van der Waals surface area contributed by atoms with Crippen molar-refractivity contribution in [3.8, 4) is 0 Å². The largest absolute Gasteiger partial charge is 0.330 e. The van der Waals surface area contributed by atoms with Crippen LogP contribution in [0.25, 0.3) is 11.0 Å². The smallest absolute Gasteiger partial charge is 0.178 e. The normalized spacial score (nSPS) is 13.1. The molecule has 1 aromatic carbocycles. The van der Waals surface area contributed by atoms with Gasteiger partial charge in [-0.2, -0.15) is 0 Å². The number of aromatic amines is 1. The van der Waals surface area contributed by atoms with E-state index in [0.717, 1.165) is 17.5 Å². The van der Waals surface area contributed by atoms with Gasteiger partial charge in [0.25, 0.3) is 0 Å². The van der Waals surface area contributed by atoms with E-state index in [4.69, 9.17) is 12.2 Å². The van der Waals surface area contributed by atoms with Gasteiger partial charge < -0.3 is 9.55 Å². The van der Waals surface area contributed by atoms with Crippen LogP contribution in [-0.2, 0) is 0 Å². The Hall–Kier alpha value is -1.16. The molecule has 2 aromatic rings. The molecule has 0 saturated carbocycles. The third-order valence-electron chi connectivity index (χ3n) is 3.09. The molecule has 0 radical (unpaired) electrons. The van der Waals surface area contributed by atoms with Crippen molar-refractivity contribution < 1.29 is 4.39 Å². The second kappa shape index (κ2) is 5.00. The molecule has 1 heterocycles. The average molecular weight is 252 g/mol. The highest BCUT2D eigenvalue weighted by atomic mass is 32.1. The number of hydrogen-bond acceptors (Lipinski definition) is 1. The molecule has 1 N–H and O–H groups in total. The van der Waals surface area contributed by atoms with Crippen LogP contribution in [0, 0.1) is 10.6 Å². The topological polar surface area (TPSA) is 20.7 Å². The van der Waals surface area contributed by atoms with Crippen LogP contribution in [0.1, 0.15) is 39.2 Å². The van der Waals surface area contributed by atoms with E-state index in [0.29, 0.717) is 10.8 Å². The Morgan fingerprint density at radius 1 is 1.47 bits per heavy atom. The molecule has 92 valence electrons. The average Bonchev–Trinajstić information content (AvgIpc) is 2.61. The van der Waals surface area contributed by atoms with Crippen molar-refractivity contribution >= 4 is 23.3 Å². The minimum atomic E-state index is -0.234. The van der Waals surface area contributed by atoms with Crippen LogP contribution in [0.2, 0.25) is 0 Å². The lowest BCUT2D eigenvalue weighted by molar-refractivity contribution is 0.491. The lowest BCUT2D eigenvalue weighted by Crippen LogP contribution is -2.04. The van der Waals surface area contributed by atoms with E-state index < -0.39 is 0 Å². The maximum atomic E-state index is 13.1. The predicted octanol–water partition coefficient (Wildman–Crippen LogP) is 4.59. The lowest BCUT2D eigenvalue weighted by Gasteiger charge is -2.13. The van der Waals surface area contributed by atoms with E-state index in [1.807, 2.05) is 0 Å². The summed E-state index contributed by atoms with van der Waals surface area (Å²) in [6, 6.07) is 5.11. The van der Waals surface area contributed by atoms with Gasteiger partial charge in [0.1, 0.15) is 5.82 Å². The highest BCUT2D eigenvalue weighted by Gasteiger charge is 2.11. The van der Waals surface area contributed by atoms with Gasteiger partial charge in [-0.15, -0.1) is 0 Å². The summed E-state index contributed by atoms with van der Waals surface area (Å²) in [7, 11) is 0. The summed E-state index contributed by atoms with van der Waals surface area (Å²) in [5.41, 5.74) is 1.76. The second-order valence-corrected chi connectivity index (χ2v) is 4.84. The van der Waals surface area contributed by atoms with Crippen LogP contribution in [0.5, 0.6) is 0 Å². The number of hydrogen-bond donors (Lipinski definition) is 1. The van der Waals surface area contributed by atoms with Crippen LogP contribution >= 0.6 is 12.2 Å². The highest BCUT2D eigenvalue weighted by Crippen LogP contribution is 2.23. The number of nitrogens with zero attached hydrogens (tertiary/aromatic N) is 1. The van der Waals surface area contributed by atoms with Crippen molar-refractivity contribution in [1.29, 1.82) is 0 Å². The Kier molecular flexibility index (Phi) is 3.62. The van der Waals surface area contributed by atoms with Gasteiger partial charge in [0.2, 0.25) is 0 Å². The van der Waals surface area contributed by atoms with E-state index in [1.54, 1.807) is 6.07 Å². The number of aromatic nitrogens is 2. The van der Waals surface area contributed by atoms with Crippen LogP contribution in [-0.4, -0.2) is 9.55 Å². The molecule has 0 aliphatic carbocycles. The Bertz CT molecular complexity index is 570. The first kappa shape index (κ1) is 12.3. The molecular formula is C13H17FN2S. The number of H-pyrrole nitrogens is 1. The molecule has 17 heavy (non-hydrogen) atoms. The maximum absolute atomic E-state index is 13.1. The molecule has 0 amide bonds. The summed E-state index contributed by atoms with van der Waals surface area (Å²) in [5.74, 6) is -0.234. The minimum Gasteiger partial charge on any atom is -0.330 e. The third-order valence-corrected chi connectivity index (χ3v) is 3.39. The van der Waals surface area contributed by atoms with Crippen molar-refractivity contribution in [1.82, 2.24) is 9.55 Å². The summed E-state index contributed by atoms with van der Waals surface area (Å²) < 4.78 is 15.9. The standard InChI is InChI=1S/C13H17FN2S/c1-3-4-5-9(2)16-12-7-6-10(14)8-11(12)15-13(16)17/h6-9H,3-5H2,1-2H3,(H,15,17). The second-order valence-electron chi connectivity index (χ2n) is 4.45. The zero-order valence-corrected chi connectivity index (χ0v) is 11.0. The van der Waals surface area contributed by atoms with Gasteiger partial charge in [0, 0.05) is 6.04 Å². The number of halogens is 1. The third kappa shape index (κ3) is 2.41.